The van der Waals surface area contributed by atoms with Crippen LogP contribution >= 0.6 is 0 Å². The quantitative estimate of drug-likeness (QED) is 0.717. The zero-order valence-corrected chi connectivity index (χ0v) is 8.35. The molecule has 0 radical (unpaired) electrons. The standard InChI is InChI=1S/C10H13N3O2/c1(9-12-5-7-14-9)3-11-4-2-10-13-6-8-15-10/h5-8,11H,1-4H2. The third-order valence-corrected chi connectivity index (χ3v) is 2.00. The van der Waals surface area contributed by atoms with Gasteiger partial charge in [0.25, 0.3) is 0 Å². The van der Waals surface area contributed by atoms with E-state index in [1.54, 1.807) is 24.9 Å². The molecule has 80 valence electrons. The highest BCUT2D eigenvalue weighted by Crippen LogP contribution is 1.95. The van der Waals surface area contributed by atoms with Crippen molar-refractivity contribution in [2.75, 3.05) is 13.1 Å². The molecule has 0 unspecified atom stereocenters. The lowest BCUT2D eigenvalue weighted by Crippen LogP contribution is -2.20. The average molecular weight is 207 g/mol. The second-order valence-corrected chi connectivity index (χ2v) is 3.10. The number of hydrogen-bond acceptors (Lipinski definition) is 5. The Hall–Kier alpha value is -1.62. The van der Waals surface area contributed by atoms with Gasteiger partial charge in [0.05, 0.1) is 12.4 Å². The molecule has 15 heavy (non-hydrogen) atoms. The minimum Gasteiger partial charge on any atom is -0.449 e. The summed E-state index contributed by atoms with van der Waals surface area (Å²) in [4.78, 5) is 8.05. The zero-order chi connectivity index (χ0) is 10.3. The van der Waals surface area contributed by atoms with Crippen molar-refractivity contribution in [3.05, 3.63) is 36.7 Å². The third kappa shape index (κ3) is 3.21. The monoisotopic (exact) mass is 207 g/mol. The van der Waals surface area contributed by atoms with E-state index in [1.165, 1.54) is 0 Å². The molecule has 5 nitrogen and oxygen atoms in total. The van der Waals surface area contributed by atoms with Gasteiger partial charge in [0.2, 0.25) is 0 Å². The van der Waals surface area contributed by atoms with Crippen LogP contribution in [0.25, 0.3) is 0 Å². The number of nitrogens with one attached hydrogen (secondary N) is 1. The fraction of sp³-hybridized carbons (Fsp3) is 0.400. The van der Waals surface area contributed by atoms with Crippen LogP contribution in [0.3, 0.4) is 0 Å². The second-order valence-electron chi connectivity index (χ2n) is 3.10. The van der Waals surface area contributed by atoms with E-state index in [-0.39, 0.29) is 0 Å². The molecule has 5 heteroatoms. The Kier molecular flexibility index (Phi) is 3.51. The molecule has 0 atom stereocenters. The first kappa shape index (κ1) is 9.92. The summed E-state index contributed by atoms with van der Waals surface area (Å²) >= 11 is 0. The lowest BCUT2D eigenvalue weighted by Gasteiger charge is -2.00. The van der Waals surface area contributed by atoms with Crippen LogP contribution in [0.2, 0.25) is 0 Å². The summed E-state index contributed by atoms with van der Waals surface area (Å²) in [5.41, 5.74) is 0. The average Bonchev–Trinajstić information content (AvgIpc) is 2.88. The largest absolute Gasteiger partial charge is 0.449 e. The molecule has 2 aromatic rings. The Bertz CT molecular complexity index is 320. The number of hydrogen-bond donors (Lipinski definition) is 1. The minimum absolute atomic E-state index is 0.763. The SMILES string of the molecule is c1coc(CCNCCc2ncco2)n1. The van der Waals surface area contributed by atoms with Crippen molar-refractivity contribution < 1.29 is 8.83 Å². The van der Waals surface area contributed by atoms with Gasteiger partial charge in [-0.25, -0.2) is 9.97 Å². The Balaban J connectivity index is 1.56. The smallest absolute Gasteiger partial charge is 0.195 e. The fourth-order valence-corrected chi connectivity index (χ4v) is 1.27. The molecule has 0 aliphatic carbocycles. The summed E-state index contributed by atoms with van der Waals surface area (Å²) in [6.45, 7) is 1.70. The molecular formula is C10H13N3O2. The van der Waals surface area contributed by atoms with Crippen molar-refractivity contribution >= 4 is 0 Å². The highest BCUT2D eigenvalue weighted by atomic mass is 16.3. The van der Waals surface area contributed by atoms with Crippen LogP contribution < -0.4 is 5.32 Å². The highest BCUT2D eigenvalue weighted by molar-refractivity contribution is 4.82. The van der Waals surface area contributed by atoms with Gasteiger partial charge in [0.15, 0.2) is 11.8 Å². The minimum atomic E-state index is 0.763. The maximum atomic E-state index is 5.10. The van der Waals surface area contributed by atoms with E-state index in [2.05, 4.69) is 15.3 Å². The van der Waals surface area contributed by atoms with Gasteiger partial charge < -0.3 is 14.2 Å². The molecule has 2 aromatic heterocycles. The van der Waals surface area contributed by atoms with Crippen molar-refractivity contribution in [2.24, 2.45) is 0 Å². The molecule has 0 saturated heterocycles. The van der Waals surface area contributed by atoms with Gasteiger partial charge in [-0.1, -0.05) is 0 Å². The predicted molar refractivity (Wildman–Crippen MR) is 53.3 cm³/mol. The van der Waals surface area contributed by atoms with E-state index >= 15 is 0 Å². The van der Waals surface area contributed by atoms with E-state index in [1.807, 2.05) is 0 Å². The summed E-state index contributed by atoms with van der Waals surface area (Å²) in [6.07, 6.45) is 8.09. The maximum Gasteiger partial charge on any atom is 0.195 e. The lowest BCUT2D eigenvalue weighted by molar-refractivity contribution is 0.470. The molecule has 0 spiro atoms. The van der Waals surface area contributed by atoms with Gasteiger partial charge in [-0.15, -0.1) is 0 Å². The van der Waals surface area contributed by atoms with Gasteiger partial charge in [-0.05, 0) is 0 Å². The van der Waals surface area contributed by atoms with Gasteiger partial charge in [0.1, 0.15) is 12.5 Å². The van der Waals surface area contributed by atoms with Crippen LogP contribution in [-0.4, -0.2) is 23.1 Å². The summed E-state index contributed by atoms with van der Waals surface area (Å²) in [7, 11) is 0. The summed E-state index contributed by atoms with van der Waals surface area (Å²) < 4.78 is 10.2. The molecule has 0 amide bonds. The van der Waals surface area contributed by atoms with Crippen molar-refractivity contribution in [1.82, 2.24) is 15.3 Å². The van der Waals surface area contributed by atoms with Crippen LogP contribution in [0.5, 0.6) is 0 Å². The molecule has 0 aliphatic heterocycles. The first-order valence-electron chi connectivity index (χ1n) is 4.92. The molecule has 0 bridgehead atoms. The van der Waals surface area contributed by atoms with E-state index in [0.717, 1.165) is 37.7 Å². The van der Waals surface area contributed by atoms with Gasteiger partial charge in [-0.3, -0.25) is 0 Å². The van der Waals surface area contributed by atoms with Gasteiger partial charge >= 0.3 is 0 Å². The van der Waals surface area contributed by atoms with Crippen molar-refractivity contribution in [3.63, 3.8) is 0 Å². The van der Waals surface area contributed by atoms with Crippen molar-refractivity contribution in [3.8, 4) is 0 Å². The van der Waals surface area contributed by atoms with Crippen LogP contribution in [0.15, 0.2) is 33.8 Å². The topological polar surface area (TPSA) is 64.1 Å². The first-order valence-corrected chi connectivity index (χ1v) is 4.92. The molecule has 2 rings (SSSR count). The van der Waals surface area contributed by atoms with E-state index in [0.29, 0.717) is 0 Å². The van der Waals surface area contributed by atoms with Crippen LogP contribution in [-0.2, 0) is 12.8 Å². The van der Waals surface area contributed by atoms with Crippen LogP contribution in [0, 0.1) is 0 Å². The van der Waals surface area contributed by atoms with Crippen molar-refractivity contribution in [1.29, 1.82) is 0 Å². The molecular weight excluding hydrogens is 194 g/mol. The molecule has 0 saturated carbocycles. The van der Waals surface area contributed by atoms with Gasteiger partial charge in [-0.2, -0.15) is 0 Å². The molecule has 2 heterocycles. The van der Waals surface area contributed by atoms with E-state index < -0.39 is 0 Å². The zero-order valence-electron chi connectivity index (χ0n) is 8.35. The maximum absolute atomic E-state index is 5.10. The van der Waals surface area contributed by atoms with Crippen LogP contribution in [0.4, 0.5) is 0 Å². The summed E-state index contributed by atoms with van der Waals surface area (Å²) in [5, 5.41) is 3.26. The van der Waals surface area contributed by atoms with Crippen LogP contribution in [0.1, 0.15) is 11.8 Å². The molecule has 0 aromatic carbocycles. The van der Waals surface area contributed by atoms with E-state index in [9.17, 15) is 0 Å². The van der Waals surface area contributed by atoms with Gasteiger partial charge in [0, 0.05) is 25.9 Å². The lowest BCUT2D eigenvalue weighted by atomic mass is 10.4. The molecule has 0 fully saturated rings. The van der Waals surface area contributed by atoms with Crippen molar-refractivity contribution in [2.45, 2.75) is 12.8 Å². The molecule has 1 N–H and O–H groups in total. The number of oxazole rings is 2. The summed E-state index contributed by atoms with van der Waals surface area (Å²) in [6, 6.07) is 0. The predicted octanol–water partition coefficient (Wildman–Crippen LogP) is 1.04. The Morgan fingerprint density at radius 1 is 0.933 bits per heavy atom. The number of aromatic nitrogens is 2. The Morgan fingerprint density at radius 2 is 1.47 bits per heavy atom. The van der Waals surface area contributed by atoms with E-state index in [4.69, 9.17) is 8.83 Å². The number of nitrogens with zero attached hydrogens (tertiary/aromatic N) is 2. The Morgan fingerprint density at radius 3 is 1.87 bits per heavy atom. The number of rotatable bonds is 6. The molecule has 0 aliphatic rings. The summed E-state index contributed by atoms with van der Waals surface area (Å²) in [5.74, 6) is 1.53. The normalized spacial score (nSPS) is 10.7. The first-order chi connectivity index (χ1) is 7.45. The third-order valence-electron chi connectivity index (χ3n) is 2.00. The Labute approximate surface area is 87.5 Å². The fourth-order valence-electron chi connectivity index (χ4n) is 1.27. The second kappa shape index (κ2) is 5.31. The highest BCUT2D eigenvalue weighted by Gasteiger charge is 1.98.